The van der Waals surface area contributed by atoms with Crippen LogP contribution in [0.2, 0.25) is 0 Å². The average Bonchev–Trinajstić information content (AvgIpc) is 2.62. The topological polar surface area (TPSA) is 80.3 Å². The highest BCUT2D eigenvalue weighted by Crippen LogP contribution is 2.33. The van der Waals surface area contributed by atoms with E-state index in [1.54, 1.807) is 35.6 Å². The van der Waals surface area contributed by atoms with Crippen LogP contribution in [0.4, 0.5) is 19.0 Å². The summed E-state index contributed by atoms with van der Waals surface area (Å²) in [5.74, 6) is -3.02. The molecule has 2 rings (SSSR count). The SMILES string of the molecule is COC(=O)C(NC(=O)Cc1ccccc1)(Nc1ccc(Br)cn1)C(F)(F)F. The number of carbonyl (C=O) groups excluding carboxylic acids is 2. The van der Waals surface area contributed by atoms with Crippen LogP contribution >= 0.6 is 15.9 Å². The van der Waals surface area contributed by atoms with E-state index in [-0.39, 0.29) is 12.2 Å². The molecule has 0 spiro atoms. The van der Waals surface area contributed by atoms with Gasteiger partial charge in [0.1, 0.15) is 5.82 Å². The minimum Gasteiger partial charge on any atom is -0.466 e. The number of esters is 1. The van der Waals surface area contributed by atoms with Crippen molar-refractivity contribution in [2.24, 2.45) is 0 Å². The third-order valence-electron chi connectivity index (χ3n) is 3.49. The lowest BCUT2D eigenvalue weighted by atomic mass is 10.1. The number of carbonyl (C=O) groups is 2. The van der Waals surface area contributed by atoms with E-state index in [4.69, 9.17) is 0 Å². The molecule has 0 saturated carbocycles. The van der Waals surface area contributed by atoms with E-state index in [0.717, 1.165) is 7.11 Å². The molecule has 144 valence electrons. The predicted molar refractivity (Wildman–Crippen MR) is 94.7 cm³/mol. The maximum atomic E-state index is 13.9. The lowest BCUT2D eigenvalue weighted by Gasteiger charge is -2.34. The number of amides is 1. The van der Waals surface area contributed by atoms with Gasteiger partial charge in [0.25, 0.3) is 0 Å². The molecular weight excluding hydrogens is 431 g/mol. The molecule has 1 amide bonds. The molecule has 0 aliphatic carbocycles. The first-order valence-electron chi connectivity index (χ1n) is 7.58. The second kappa shape index (κ2) is 8.38. The number of anilines is 1. The van der Waals surface area contributed by atoms with Gasteiger partial charge < -0.3 is 15.4 Å². The monoisotopic (exact) mass is 445 g/mol. The Labute approximate surface area is 161 Å². The number of hydrogen-bond donors (Lipinski definition) is 2. The fourth-order valence-electron chi connectivity index (χ4n) is 2.22. The molecule has 0 aliphatic rings. The summed E-state index contributed by atoms with van der Waals surface area (Å²) in [5.41, 5.74) is -3.01. The van der Waals surface area contributed by atoms with Gasteiger partial charge in [-0.05, 0) is 33.6 Å². The Kier molecular flexibility index (Phi) is 6.42. The molecule has 2 aromatic rings. The Hall–Kier alpha value is -2.62. The minimum absolute atomic E-state index is 0.277. The molecule has 1 atom stereocenters. The predicted octanol–water partition coefficient (Wildman–Crippen LogP) is 3.05. The highest BCUT2D eigenvalue weighted by molar-refractivity contribution is 9.10. The Morgan fingerprint density at radius 3 is 2.33 bits per heavy atom. The normalized spacial score (nSPS) is 13.4. The van der Waals surface area contributed by atoms with Crippen molar-refractivity contribution in [2.45, 2.75) is 18.3 Å². The number of alkyl halides is 3. The molecule has 1 aromatic heterocycles. The second-order valence-corrected chi connectivity index (χ2v) is 6.35. The average molecular weight is 446 g/mol. The molecule has 0 radical (unpaired) electrons. The van der Waals surface area contributed by atoms with Gasteiger partial charge in [-0.15, -0.1) is 0 Å². The lowest BCUT2D eigenvalue weighted by Crippen LogP contribution is -2.69. The summed E-state index contributed by atoms with van der Waals surface area (Å²) in [4.78, 5) is 28.1. The molecule has 27 heavy (non-hydrogen) atoms. The maximum Gasteiger partial charge on any atom is 0.441 e. The van der Waals surface area contributed by atoms with Crippen LogP contribution in [-0.4, -0.2) is 35.8 Å². The highest BCUT2D eigenvalue weighted by atomic mass is 79.9. The van der Waals surface area contributed by atoms with Gasteiger partial charge in [-0.25, -0.2) is 9.78 Å². The quantitative estimate of drug-likeness (QED) is 0.527. The third-order valence-corrected chi connectivity index (χ3v) is 3.96. The van der Waals surface area contributed by atoms with Crippen molar-refractivity contribution in [3.8, 4) is 0 Å². The number of ether oxygens (including phenoxy) is 1. The molecule has 6 nitrogen and oxygen atoms in total. The zero-order valence-corrected chi connectivity index (χ0v) is 15.6. The van der Waals surface area contributed by atoms with Gasteiger partial charge in [0.05, 0.1) is 13.5 Å². The van der Waals surface area contributed by atoms with Crippen LogP contribution in [0.25, 0.3) is 0 Å². The summed E-state index contributed by atoms with van der Waals surface area (Å²) in [6.07, 6.45) is -4.32. The number of pyridine rings is 1. The third kappa shape index (κ3) is 4.97. The van der Waals surface area contributed by atoms with Crippen LogP contribution < -0.4 is 10.6 Å². The van der Waals surface area contributed by atoms with Gasteiger partial charge >= 0.3 is 17.8 Å². The van der Waals surface area contributed by atoms with E-state index >= 15 is 0 Å². The van der Waals surface area contributed by atoms with E-state index in [0.29, 0.717) is 10.0 Å². The molecule has 0 fully saturated rings. The van der Waals surface area contributed by atoms with Crippen molar-refractivity contribution in [1.29, 1.82) is 0 Å². The van der Waals surface area contributed by atoms with Crippen LogP contribution in [0.15, 0.2) is 53.1 Å². The standard InChI is InChI=1S/C17H15BrF3N3O3/c1-27-15(26)16(17(19,20)21,23-13-8-7-12(18)10-22-13)24-14(25)9-11-5-3-2-4-6-11/h2-8,10H,9H2,1H3,(H,22,23)(H,24,25). The van der Waals surface area contributed by atoms with Gasteiger partial charge in [-0.1, -0.05) is 30.3 Å². The van der Waals surface area contributed by atoms with Gasteiger partial charge in [0.15, 0.2) is 0 Å². The Morgan fingerprint density at radius 1 is 1.15 bits per heavy atom. The van der Waals surface area contributed by atoms with E-state index in [1.165, 1.54) is 18.3 Å². The summed E-state index contributed by atoms with van der Waals surface area (Å²) < 4.78 is 46.4. The van der Waals surface area contributed by atoms with Crippen molar-refractivity contribution in [3.05, 3.63) is 58.7 Å². The highest BCUT2D eigenvalue weighted by Gasteiger charge is 2.63. The molecule has 1 aromatic carbocycles. The Morgan fingerprint density at radius 2 is 1.81 bits per heavy atom. The number of methoxy groups -OCH3 is 1. The van der Waals surface area contributed by atoms with Gasteiger partial charge in [-0.2, -0.15) is 13.2 Å². The van der Waals surface area contributed by atoms with Crippen molar-refractivity contribution in [1.82, 2.24) is 10.3 Å². The fourth-order valence-corrected chi connectivity index (χ4v) is 2.45. The smallest absolute Gasteiger partial charge is 0.441 e. The van der Waals surface area contributed by atoms with Gasteiger partial charge in [0.2, 0.25) is 5.91 Å². The first-order valence-corrected chi connectivity index (χ1v) is 8.37. The molecule has 0 bridgehead atoms. The number of nitrogens with zero attached hydrogens (tertiary/aromatic N) is 1. The van der Waals surface area contributed by atoms with E-state index in [2.05, 4.69) is 25.7 Å². The van der Waals surface area contributed by atoms with E-state index in [1.807, 2.05) is 5.32 Å². The van der Waals surface area contributed by atoms with Crippen molar-refractivity contribution in [2.75, 3.05) is 12.4 Å². The van der Waals surface area contributed by atoms with E-state index in [9.17, 15) is 22.8 Å². The molecular formula is C17H15BrF3N3O3. The zero-order chi connectivity index (χ0) is 20.1. The first-order chi connectivity index (χ1) is 12.7. The van der Waals surface area contributed by atoms with Crippen LogP contribution in [-0.2, 0) is 20.7 Å². The summed E-state index contributed by atoms with van der Waals surface area (Å²) >= 11 is 3.11. The van der Waals surface area contributed by atoms with E-state index < -0.39 is 23.7 Å². The second-order valence-electron chi connectivity index (χ2n) is 5.44. The maximum absolute atomic E-state index is 13.9. The fraction of sp³-hybridized carbons (Fsp3) is 0.235. The number of nitrogens with one attached hydrogen (secondary N) is 2. The van der Waals surface area contributed by atoms with Crippen molar-refractivity contribution < 1.29 is 27.5 Å². The molecule has 0 aliphatic heterocycles. The Bertz CT molecular complexity index is 801. The molecule has 1 heterocycles. The number of benzene rings is 1. The largest absolute Gasteiger partial charge is 0.466 e. The summed E-state index contributed by atoms with van der Waals surface area (Å²) in [7, 11) is 0.795. The lowest BCUT2D eigenvalue weighted by molar-refractivity contribution is -0.206. The zero-order valence-electron chi connectivity index (χ0n) is 14.0. The minimum atomic E-state index is -5.21. The van der Waals surface area contributed by atoms with Gasteiger partial charge in [-0.3, -0.25) is 4.79 Å². The summed E-state index contributed by atoms with van der Waals surface area (Å²) in [6, 6.07) is 10.8. The number of aromatic nitrogens is 1. The molecule has 10 heteroatoms. The van der Waals surface area contributed by atoms with Crippen LogP contribution in [0.5, 0.6) is 0 Å². The van der Waals surface area contributed by atoms with Crippen molar-refractivity contribution >= 4 is 33.6 Å². The number of halogens is 4. The van der Waals surface area contributed by atoms with Crippen LogP contribution in [0, 0.1) is 0 Å². The van der Waals surface area contributed by atoms with Crippen molar-refractivity contribution in [3.63, 3.8) is 0 Å². The molecule has 1 unspecified atom stereocenters. The molecule has 2 N–H and O–H groups in total. The first kappa shape index (κ1) is 20.7. The Balaban J connectivity index is 2.36. The number of rotatable bonds is 6. The van der Waals surface area contributed by atoms with Gasteiger partial charge in [0, 0.05) is 10.7 Å². The molecule has 0 saturated heterocycles. The van der Waals surface area contributed by atoms with Crippen LogP contribution in [0.1, 0.15) is 5.56 Å². The summed E-state index contributed by atoms with van der Waals surface area (Å²) in [6.45, 7) is 0. The summed E-state index contributed by atoms with van der Waals surface area (Å²) in [5, 5.41) is 3.70. The van der Waals surface area contributed by atoms with Crippen LogP contribution in [0.3, 0.4) is 0 Å². The number of hydrogen-bond acceptors (Lipinski definition) is 5.